The van der Waals surface area contributed by atoms with Crippen LogP contribution in [-0.2, 0) is 21.2 Å². The van der Waals surface area contributed by atoms with Crippen LogP contribution in [0.3, 0.4) is 0 Å². The SMILES string of the molecule is Cc1ccc2c(c1)N(S(C)(=O)=O)CC(C(=O)NCCCc1ccccc1)O2. The lowest BCUT2D eigenvalue weighted by Gasteiger charge is -2.34. The van der Waals surface area contributed by atoms with Crippen molar-refractivity contribution in [3.63, 3.8) is 0 Å². The second kappa shape index (κ2) is 8.00. The van der Waals surface area contributed by atoms with Crippen molar-refractivity contribution < 1.29 is 17.9 Å². The molecule has 0 aliphatic carbocycles. The van der Waals surface area contributed by atoms with Crippen molar-refractivity contribution >= 4 is 21.6 Å². The van der Waals surface area contributed by atoms with Gasteiger partial charge in [0.25, 0.3) is 5.91 Å². The second-order valence-electron chi connectivity index (χ2n) is 6.75. The Kier molecular flexibility index (Phi) is 5.70. The number of aryl methyl sites for hydroxylation is 2. The molecule has 0 radical (unpaired) electrons. The number of benzene rings is 2. The summed E-state index contributed by atoms with van der Waals surface area (Å²) in [5.74, 6) is 0.102. The van der Waals surface area contributed by atoms with E-state index in [4.69, 9.17) is 4.74 Å². The quantitative estimate of drug-likeness (QED) is 0.771. The van der Waals surface area contributed by atoms with Gasteiger partial charge < -0.3 is 10.1 Å². The summed E-state index contributed by atoms with van der Waals surface area (Å²) in [6.07, 6.45) is 1.93. The maximum absolute atomic E-state index is 12.5. The van der Waals surface area contributed by atoms with Crippen molar-refractivity contribution in [2.45, 2.75) is 25.9 Å². The number of sulfonamides is 1. The average Bonchev–Trinajstić information content (AvgIpc) is 2.64. The van der Waals surface area contributed by atoms with Gasteiger partial charge >= 0.3 is 0 Å². The van der Waals surface area contributed by atoms with Crippen LogP contribution in [0.5, 0.6) is 5.75 Å². The highest BCUT2D eigenvalue weighted by atomic mass is 32.2. The van der Waals surface area contributed by atoms with Crippen LogP contribution in [0.1, 0.15) is 17.5 Å². The Bertz CT molecular complexity index is 913. The zero-order valence-electron chi connectivity index (χ0n) is 15.5. The van der Waals surface area contributed by atoms with Gasteiger partial charge in [-0.05, 0) is 43.0 Å². The molecular formula is C20H24N2O4S. The molecule has 0 fully saturated rings. The minimum atomic E-state index is -3.51. The number of fused-ring (bicyclic) bond motifs is 1. The highest BCUT2D eigenvalue weighted by molar-refractivity contribution is 7.92. The van der Waals surface area contributed by atoms with Crippen LogP contribution in [-0.4, -0.2) is 39.8 Å². The van der Waals surface area contributed by atoms with Gasteiger partial charge in [0, 0.05) is 6.54 Å². The van der Waals surface area contributed by atoms with Gasteiger partial charge in [-0.1, -0.05) is 36.4 Å². The third kappa shape index (κ3) is 4.80. The molecule has 2 aromatic carbocycles. The fourth-order valence-electron chi connectivity index (χ4n) is 3.07. The highest BCUT2D eigenvalue weighted by Gasteiger charge is 2.34. The lowest BCUT2D eigenvalue weighted by Crippen LogP contribution is -2.50. The molecule has 2 aromatic rings. The van der Waals surface area contributed by atoms with E-state index in [0.29, 0.717) is 18.0 Å². The van der Waals surface area contributed by atoms with Crippen LogP contribution in [0.25, 0.3) is 0 Å². The van der Waals surface area contributed by atoms with Crippen molar-refractivity contribution in [1.29, 1.82) is 0 Å². The molecule has 1 aliphatic heterocycles. The van der Waals surface area contributed by atoms with Crippen LogP contribution in [0.15, 0.2) is 48.5 Å². The number of anilines is 1. The lowest BCUT2D eigenvalue weighted by atomic mass is 10.1. The first-order valence-electron chi connectivity index (χ1n) is 8.91. The first-order chi connectivity index (χ1) is 12.8. The number of nitrogens with one attached hydrogen (secondary N) is 1. The minimum Gasteiger partial charge on any atom is -0.476 e. The first kappa shape index (κ1) is 19.2. The Balaban J connectivity index is 1.63. The number of hydrogen-bond acceptors (Lipinski definition) is 4. The molecule has 1 atom stereocenters. The molecule has 7 heteroatoms. The maximum atomic E-state index is 12.5. The highest BCUT2D eigenvalue weighted by Crippen LogP contribution is 2.35. The van der Waals surface area contributed by atoms with E-state index >= 15 is 0 Å². The molecule has 1 amide bonds. The smallest absolute Gasteiger partial charge is 0.263 e. The third-order valence-electron chi connectivity index (χ3n) is 4.46. The van der Waals surface area contributed by atoms with Crippen LogP contribution in [0.4, 0.5) is 5.69 Å². The third-order valence-corrected chi connectivity index (χ3v) is 5.61. The van der Waals surface area contributed by atoms with Gasteiger partial charge in [-0.3, -0.25) is 9.10 Å². The van der Waals surface area contributed by atoms with Crippen LogP contribution >= 0.6 is 0 Å². The second-order valence-corrected chi connectivity index (χ2v) is 8.66. The largest absolute Gasteiger partial charge is 0.476 e. The molecule has 3 rings (SSSR count). The van der Waals surface area contributed by atoms with Gasteiger partial charge in [-0.2, -0.15) is 0 Å². The minimum absolute atomic E-state index is 0.0280. The molecule has 27 heavy (non-hydrogen) atoms. The molecule has 1 heterocycles. The average molecular weight is 388 g/mol. The van der Waals surface area contributed by atoms with E-state index in [-0.39, 0.29) is 12.5 Å². The van der Waals surface area contributed by atoms with E-state index in [1.54, 1.807) is 12.1 Å². The Morgan fingerprint density at radius 3 is 2.67 bits per heavy atom. The zero-order valence-corrected chi connectivity index (χ0v) is 16.3. The number of carbonyl (C=O) groups is 1. The Hall–Kier alpha value is -2.54. The predicted molar refractivity (Wildman–Crippen MR) is 106 cm³/mol. The molecule has 0 saturated heterocycles. The fraction of sp³-hybridized carbons (Fsp3) is 0.350. The fourth-order valence-corrected chi connectivity index (χ4v) is 3.98. The van der Waals surface area contributed by atoms with Gasteiger partial charge in [0.1, 0.15) is 5.75 Å². The lowest BCUT2D eigenvalue weighted by molar-refractivity contribution is -0.127. The molecular weight excluding hydrogens is 364 g/mol. The van der Waals surface area contributed by atoms with Crippen LogP contribution in [0, 0.1) is 6.92 Å². The summed E-state index contributed by atoms with van der Waals surface area (Å²) in [5, 5.41) is 2.85. The van der Waals surface area contributed by atoms with Gasteiger partial charge in [0.15, 0.2) is 6.10 Å². The van der Waals surface area contributed by atoms with Gasteiger partial charge in [0.05, 0.1) is 18.5 Å². The number of amides is 1. The van der Waals surface area contributed by atoms with Gasteiger partial charge in [0.2, 0.25) is 10.0 Å². The standard InChI is InChI=1S/C20H24N2O4S/c1-15-10-11-18-17(13-15)22(27(2,24)25)14-19(26-18)20(23)21-12-6-9-16-7-4-3-5-8-16/h3-5,7-8,10-11,13,19H,6,9,12,14H2,1-2H3,(H,21,23). The van der Waals surface area contributed by atoms with Crippen LogP contribution in [0.2, 0.25) is 0 Å². The van der Waals surface area contributed by atoms with Crippen molar-refractivity contribution in [3.05, 3.63) is 59.7 Å². The van der Waals surface area contributed by atoms with Crippen molar-refractivity contribution in [2.24, 2.45) is 0 Å². The van der Waals surface area contributed by atoms with Crippen molar-refractivity contribution in [1.82, 2.24) is 5.32 Å². The monoisotopic (exact) mass is 388 g/mol. The summed E-state index contributed by atoms with van der Waals surface area (Å²) in [6, 6.07) is 15.3. The number of ether oxygens (including phenoxy) is 1. The van der Waals surface area contributed by atoms with Crippen LogP contribution < -0.4 is 14.4 Å². The summed E-state index contributed by atoms with van der Waals surface area (Å²) in [7, 11) is -3.51. The van der Waals surface area contributed by atoms with Crippen molar-refractivity contribution in [2.75, 3.05) is 23.7 Å². The molecule has 144 valence electrons. The predicted octanol–water partition coefficient (Wildman–Crippen LogP) is 2.27. The van der Waals surface area contributed by atoms with E-state index in [2.05, 4.69) is 17.4 Å². The topological polar surface area (TPSA) is 75.7 Å². The maximum Gasteiger partial charge on any atom is 0.263 e. The summed E-state index contributed by atoms with van der Waals surface area (Å²) in [6.45, 7) is 2.36. The zero-order chi connectivity index (χ0) is 19.4. The molecule has 1 aliphatic rings. The molecule has 1 unspecified atom stereocenters. The summed E-state index contributed by atoms with van der Waals surface area (Å²) in [5.41, 5.74) is 2.62. The summed E-state index contributed by atoms with van der Waals surface area (Å²) < 4.78 is 31.4. The summed E-state index contributed by atoms with van der Waals surface area (Å²) >= 11 is 0. The molecule has 0 spiro atoms. The molecule has 0 saturated carbocycles. The van der Waals surface area contributed by atoms with E-state index in [9.17, 15) is 13.2 Å². The van der Waals surface area contributed by atoms with E-state index in [0.717, 1.165) is 24.7 Å². The molecule has 0 bridgehead atoms. The number of hydrogen-bond donors (Lipinski definition) is 1. The number of carbonyl (C=O) groups excluding carboxylic acids is 1. The molecule has 6 nitrogen and oxygen atoms in total. The molecule has 0 aromatic heterocycles. The van der Waals surface area contributed by atoms with Crippen molar-refractivity contribution in [3.8, 4) is 5.75 Å². The number of nitrogens with zero attached hydrogens (tertiary/aromatic N) is 1. The Morgan fingerprint density at radius 1 is 1.22 bits per heavy atom. The summed E-state index contributed by atoms with van der Waals surface area (Å²) in [4.78, 5) is 12.5. The first-order valence-corrected chi connectivity index (χ1v) is 10.8. The number of rotatable bonds is 6. The molecule has 1 N–H and O–H groups in total. The Labute approximate surface area is 160 Å². The van der Waals surface area contributed by atoms with E-state index in [1.807, 2.05) is 31.2 Å². The Morgan fingerprint density at radius 2 is 1.96 bits per heavy atom. The van der Waals surface area contributed by atoms with E-state index < -0.39 is 16.1 Å². The van der Waals surface area contributed by atoms with Gasteiger partial charge in [-0.15, -0.1) is 0 Å². The van der Waals surface area contributed by atoms with E-state index in [1.165, 1.54) is 9.87 Å². The normalized spacial score (nSPS) is 16.4. The van der Waals surface area contributed by atoms with Gasteiger partial charge in [-0.25, -0.2) is 8.42 Å².